The molecule has 6 nitrogen and oxygen atoms in total. The van der Waals surface area contributed by atoms with Gasteiger partial charge in [0.1, 0.15) is 16.9 Å². The van der Waals surface area contributed by atoms with Crippen molar-refractivity contribution < 1.29 is 14.3 Å². The van der Waals surface area contributed by atoms with Crippen LogP contribution in [0.5, 0.6) is 5.75 Å². The maximum Gasteiger partial charge on any atom is 0.264 e. The van der Waals surface area contributed by atoms with E-state index in [0.717, 1.165) is 24.5 Å². The van der Waals surface area contributed by atoms with E-state index >= 15 is 0 Å². The smallest absolute Gasteiger partial charge is 0.264 e. The molecular weight excluding hydrogens is 338 g/mol. The summed E-state index contributed by atoms with van der Waals surface area (Å²) in [6.07, 6.45) is 2.01. The highest BCUT2D eigenvalue weighted by molar-refractivity contribution is 7.15. The van der Waals surface area contributed by atoms with Gasteiger partial charge in [-0.1, -0.05) is 31.3 Å². The van der Waals surface area contributed by atoms with E-state index in [0.29, 0.717) is 16.8 Å². The Morgan fingerprint density at radius 2 is 2.28 bits per heavy atom. The van der Waals surface area contributed by atoms with Gasteiger partial charge in [0.2, 0.25) is 5.13 Å². The third-order valence-corrected chi connectivity index (χ3v) is 5.06. The van der Waals surface area contributed by atoms with Gasteiger partial charge in [0, 0.05) is 6.61 Å². The summed E-state index contributed by atoms with van der Waals surface area (Å²) >= 11 is 1.35. The number of hydrogen-bond acceptors (Lipinski definition) is 6. The number of aryl methyl sites for hydroxylation is 1. The van der Waals surface area contributed by atoms with E-state index in [9.17, 15) is 4.79 Å². The maximum absolute atomic E-state index is 12.0. The van der Waals surface area contributed by atoms with E-state index in [4.69, 9.17) is 9.47 Å². The van der Waals surface area contributed by atoms with Gasteiger partial charge >= 0.3 is 0 Å². The molecule has 0 bridgehead atoms. The van der Waals surface area contributed by atoms with Crippen LogP contribution in [0.2, 0.25) is 0 Å². The van der Waals surface area contributed by atoms with Crippen LogP contribution in [-0.2, 0) is 9.53 Å². The highest BCUT2D eigenvalue weighted by Crippen LogP contribution is 2.31. The molecule has 0 spiro atoms. The van der Waals surface area contributed by atoms with Crippen LogP contribution in [0.15, 0.2) is 18.2 Å². The topological polar surface area (TPSA) is 73.3 Å². The van der Waals surface area contributed by atoms with Gasteiger partial charge in [0.05, 0.1) is 0 Å². The first-order chi connectivity index (χ1) is 12.0. The molecule has 2 aromatic rings. The number of ether oxygens (including phenoxy) is 2. The van der Waals surface area contributed by atoms with Gasteiger partial charge in [-0.2, -0.15) is 0 Å². The Kier molecular flexibility index (Phi) is 5.65. The van der Waals surface area contributed by atoms with E-state index in [1.54, 1.807) is 0 Å². The van der Waals surface area contributed by atoms with Crippen molar-refractivity contribution in [2.75, 3.05) is 18.5 Å². The van der Waals surface area contributed by atoms with E-state index in [2.05, 4.69) is 36.3 Å². The van der Waals surface area contributed by atoms with Gasteiger partial charge in [-0.15, -0.1) is 10.2 Å². The first-order valence-electron chi connectivity index (χ1n) is 8.51. The zero-order chi connectivity index (χ0) is 17.8. The Morgan fingerprint density at radius 3 is 2.96 bits per heavy atom. The Hall–Kier alpha value is -1.99. The second-order valence-corrected chi connectivity index (χ2v) is 7.47. The van der Waals surface area contributed by atoms with Crippen LogP contribution in [0.1, 0.15) is 54.8 Å². The average molecular weight is 361 g/mol. The molecule has 3 rings (SSSR count). The van der Waals surface area contributed by atoms with Crippen LogP contribution >= 0.6 is 11.3 Å². The molecule has 25 heavy (non-hydrogen) atoms. The predicted octanol–water partition coefficient (Wildman–Crippen LogP) is 3.84. The number of hydrogen-bond donors (Lipinski definition) is 1. The summed E-state index contributed by atoms with van der Waals surface area (Å²) in [5.74, 6) is 0.905. The fraction of sp³-hybridized carbons (Fsp3) is 0.500. The lowest BCUT2D eigenvalue weighted by molar-refractivity contribution is -0.118. The van der Waals surface area contributed by atoms with Gasteiger partial charge in [0.25, 0.3) is 5.91 Å². The second-order valence-electron chi connectivity index (χ2n) is 6.46. The molecule has 1 atom stereocenters. The zero-order valence-electron chi connectivity index (χ0n) is 14.7. The summed E-state index contributed by atoms with van der Waals surface area (Å²) in [6.45, 7) is 7.06. The van der Waals surface area contributed by atoms with Crippen molar-refractivity contribution >= 4 is 22.4 Å². The molecule has 0 unspecified atom stereocenters. The summed E-state index contributed by atoms with van der Waals surface area (Å²) in [7, 11) is 0. The first-order valence-corrected chi connectivity index (χ1v) is 9.33. The van der Waals surface area contributed by atoms with Crippen molar-refractivity contribution in [3.05, 3.63) is 34.3 Å². The van der Waals surface area contributed by atoms with Gasteiger partial charge in [-0.25, -0.2) is 0 Å². The molecule has 1 amide bonds. The molecule has 0 radical (unpaired) electrons. The molecule has 1 fully saturated rings. The standard InChI is InChI=1S/C18H23N3O3S/c1-11(2)14-7-6-13(9-12(14)3)24-10-16(22)19-18-21-20-17(25-18)15-5-4-8-23-15/h6-7,9,11,15H,4-5,8,10H2,1-3H3,(H,19,21,22)/t15-/m1/s1. The molecule has 1 saturated heterocycles. The summed E-state index contributed by atoms with van der Waals surface area (Å²) < 4.78 is 11.2. The number of anilines is 1. The third-order valence-electron chi connectivity index (χ3n) is 4.13. The Balaban J connectivity index is 1.52. The molecule has 0 aliphatic carbocycles. The van der Waals surface area contributed by atoms with Crippen molar-refractivity contribution in [1.82, 2.24) is 10.2 Å². The number of aromatic nitrogens is 2. The molecule has 0 saturated carbocycles. The maximum atomic E-state index is 12.0. The summed E-state index contributed by atoms with van der Waals surface area (Å²) in [5.41, 5.74) is 2.45. The van der Waals surface area contributed by atoms with Crippen molar-refractivity contribution in [2.24, 2.45) is 0 Å². The van der Waals surface area contributed by atoms with Gasteiger partial charge < -0.3 is 9.47 Å². The van der Waals surface area contributed by atoms with Gasteiger partial charge in [-0.3, -0.25) is 10.1 Å². The largest absolute Gasteiger partial charge is 0.484 e. The Labute approximate surface area is 151 Å². The van der Waals surface area contributed by atoms with Crippen LogP contribution < -0.4 is 10.1 Å². The van der Waals surface area contributed by atoms with Crippen LogP contribution in [0.3, 0.4) is 0 Å². The SMILES string of the molecule is Cc1cc(OCC(=O)Nc2nnc([C@H]3CCCO3)s2)ccc1C(C)C. The minimum Gasteiger partial charge on any atom is -0.484 e. The van der Waals surface area contributed by atoms with Crippen molar-refractivity contribution in [3.63, 3.8) is 0 Å². The van der Waals surface area contributed by atoms with E-state index in [-0.39, 0.29) is 18.6 Å². The second kappa shape index (κ2) is 7.93. The summed E-state index contributed by atoms with van der Waals surface area (Å²) in [4.78, 5) is 12.0. The number of rotatable bonds is 6. The number of amides is 1. The molecule has 1 N–H and O–H groups in total. The molecule has 1 aromatic carbocycles. The van der Waals surface area contributed by atoms with E-state index < -0.39 is 0 Å². The van der Waals surface area contributed by atoms with Crippen molar-refractivity contribution in [1.29, 1.82) is 0 Å². The summed E-state index contributed by atoms with van der Waals surface area (Å²) in [5, 5.41) is 12.1. The number of nitrogens with zero attached hydrogens (tertiary/aromatic N) is 2. The lowest BCUT2D eigenvalue weighted by Crippen LogP contribution is -2.20. The van der Waals surface area contributed by atoms with Crippen LogP contribution in [0.25, 0.3) is 0 Å². The minimum atomic E-state index is -0.249. The predicted molar refractivity (Wildman–Crippen MR) is 97.2 cm³/mol. The normalized spacial score (nSPS) is 17.0. The van der Waals surface area contributed by atoms with Crippen molar-refractivity contribution in [2.45, 2.75) is 45.6 Å². The molecule has 1 aliphatic heterocycles. The lowest BCUT2D eigenvalue weighted by Gasteiger charge is -2.12. The Morgan fingerprint density at radius 1 is 1.44 bits per heavy atom. The fourth-order valence-electron chi connectivity index (χ4n) is 2.88. The summed E-state index contributed by atoms with van der Waals surface area (Å²) in [6, 6.07) is 5.91. The van der Waals surface area contributed by atoms with Gasteiger partial charge in [0.15, 0.2) is 6.61 Å². The molecule has 1 aliphatic rings. The van der Waals surface area contributed by atoms with Gasteiger partial charge in [-0.05, 0) is 48.9 Å². The monoisotopic (exact) mass is 361 g/mol. The quantitative estimate of drug-likeness (QED) is 0.846. The van der Waals surface area contributed by atoms with E-state index in [1.807, 2.05) is 18.2 Å². The van der Waals surface area contributed by atoms with Crippen molar-refractivity contribution in [3.8, 4) is 5.75 Å². The molecule has 2 heterocycles. The molecule has 1 aromatic heterocycles. The van der Waals surface area contributed by atoms with Crippen LogP contribution in [0, 0.1) is 6.92 Å². The van der Waals surface area contributed by atoms with Crippen LogP contribution in [0.4, 0.5) is 5.13 Å². The number of benzene rings is 1. The Bertz CT molecular complexity index is 739. The zero-order valence-corrected chi connectivity index (χ0v) is 15.6. The number of carbonyl (C=O) groups excluding carboxylic acids is 1. The molecule has 134 valence electrons. The van der Waals surface area contributed by atoms with Crippen LogP contribution in [-0.4, -0.2) is 29.3 Å². The molecular formula is C18H23N3O3S. The average Bonchev–Trinajstić information content (AvgIpc) is 3.23. The third kappa shape index (κ3) is 4.55. The highest BCUT2D eigenvalue weighted by Gasteiger charge is 2.22. The number of carbonyl (C=O) groups is 1. The van der Waals surface area contributed by atoms with E-state index in [1.165, 1.54) is 22.5 Å². The molecule has 7 heteroatoms. The fourth-order valence-corrected chi connectivity index (χ4v) is 3.72. The minimum absolute atomic E-state index is 0.0156. The first kappa shape index (κ1) is 17.8. The highest BCUT2D eigenvalue weighted by atomic mass is 32.1. The lowest BCUT2D eigenvalue weighted by atomic mass is 9.98. The number of nitrogens with one attached hydrogen (secondary N) is 1.